The van der Waals surface area contributed by atoms with Crippen molar-refractivity contribution >= 4 is 21.0 Å². The summed E-state index contributed by atoms with van der Waals surface area (Å²) in [5.74, 6) is -0.0707. The lowest BCUT2D eigenvalue weighted by molar-refractivity contribution is -0.127. The molecule has 0 aromatic heterocycles. The number of diazo groups is 1. The summed E-state index contributed by atoms with van der Waals surface area (Å²) in [6.07, 6.45) is 6.16. The van der Waals surface area contributed by atoms with Crippen LogP contribution in [-0.4, -0.2) is 37.5 Å². The van der Waals surface area contributed by atoms with Crippen LogP contribution in [-0.2, 0) is 15.0 Å². The zero-order valence-corrected chi connectivity index (χ0v) is 15.3. The van der Waals surface area contributed by atoms with E-state index in [0.29, 0.717) is 19.0 Å². The molecule has 1 heterocycles. The van der Waals surface area contributed by atoms with Gasteiger partial charge >= 0.3 is 11.6 Å². The second kappa shape index (κ2) is 7.86. The molecule has 1 fully saturated rings. The minimum atomic E-state index is -4.82. The van der Waals surface area contributed by atoms with Crippen LogP contribution in [0.3, 0.4) is 0 Å². The highest BCUT2D eigenvalue weighted by Gasteiger charge is 2.34. The average molecular weight is 387 g/mol. The highest BCUT2D eigenvalue weighted by Crippen LogP contribution is 2.29. The summed E-state index contributed by atoms with van der Waals surface area (Å²) in [6, 6.07) is 10.1. The third-order valence-corrected chi connectivity index (χ3v) is 5.60. The lowest BCUT2D eigenvalue weighted by Gasteiger charge is -2.30. The molecule has 27 heavy (non-hydrogen) atoms. The minimum absolute atomic E-state index is 0.198. The summed E-state index contributed by atoms with van der Waals surface area (Å²) in [4.78, 5) is 16.9. The largest absolute Gasteiger partial charge is 0.753 e. The predicted octanol–water partition coefficient (Wildman–Crippen LogP) is 3.10. The highest BCUT2D eigenvalue weighted by molar-refractivity contribution is 7.93. The number of allylic oxidation sites excluding steroid dienone is 5. The van der Waals surface area contributed by atoms with Crippen LogP contribution in [0.4, 0.5) is 3.89 Å². The Balaban J connectivity index is 1.73. The summed E-state index contributed by atoms with van der Waals surface area (Å²) in [6.45, 7) is 1.04. The number of likely N-dealkylation sites (tertiary alicyclic amines) is 1. The maximum Gasteiger partial charge on any atom is 0.455 e. The molecule has 1 aromatic rings. The van der Waals surface area contributed by atoms with E-state index >= 15 is 0 Å². The van der Waals surface area contributed by atoms with Gasteiger partial charge in [0.1, 0.15) is 0 Å². The molecule has 0 bridgehead atoms. The molecular formula is C19H18FN3O3S. The first kappa shape index (κ1) is 19.0. The van der Waals surface area contributed by atoms with Gasteiger partial charge in [0.25, 0.3) is 0 Å². The fourth-order valence-corrected chi connectivity index (χ4v) is 3.75. The summed E-state index contributed by atoms with van der Waals surface area (Å²) < 4.78 is 34.8. The van der Waals surface area contributed by atoms with Gasteiger partial charge in [0.15, 0.2) is 4.98 Å². The van der Waals surface area contributed by atoms with Crippen molar-refractivity contribution < 1.29 is 17.4 Å². The molecule has 1 aromatic carbocycles. The van der Waals surface area contributed by atoms with Gasteiger partial charge in [-0.15, -0.1) is 0 Å². The molecular weight excluding hydrogens is 369 g/mol. The number of hydrogen-bond donors (Lipinski definition) is 0. The van der Waals surface area contributed by atoms with Gasteiger partial charge in [0.2, 0.25) is 5.39 Å². The number of benzene rings is 1. The molecule has 8 heteroatoms. The average Bonchev–Trinajstić information content (AvgIpc) is 2.69. The van der Waals surface area contributed by atoms with Crippen LogP contribution in [0.2, 0.25) is 0 Å². The smallest absolute Gasteiger partial charge is 0.455 e. The van der Waals surface area contributed by atoms with Crippen molar-refractivity contribution in [2.45, 2.75) is 18.8 Å². The number of nitrogens with zero attached hydrogens (tertiary/aromatic N) is 3. The number of amides is 1. The van der Waals surface area contributed by atoms with Gasteiger partial charge in [-0.2, -0.15) is 3.89 Å². The number of halogens is 1. The standard InChI is InChI=1S/C19H18FN3O3S/c20-27(25,26)17-8-6-16(7-9-17)18(22-21)19(24)23-12-10-15(11-13-23)14-4-2-1-3-5-14/h1-9,15H,10-13H2. The van der Waals surface area contributed by atoms with Crippen LogP contribution in [0.15, 0.2) is 65.9 Å². The van der Waals surface area contributed by atoms with Crippen molar-refractivity contribution in [3.8, 4) is 0 Å². The molecule has 1 saturated heterocycles. The van der Waals surface area contributed by atoms with E-state index in [0.717, 1.165) is 25.0 Å². The van der Waals surface area contributed by atoms with Crippen molar-refractivity contribution in [3.05, 3.63) is 76.4 Å². The topological polar surface area (TPSA) is 88.6 Å². The minimum Gasteiger partial charge on any atom is -0.753 e. The fraction of sp³-hybridized carbons (Fsp3) is 0.263. The van der Waals surface area contributed by atoms with Gasteiger partial charge in [-0.1, -0.05) is 30.3 Å². The quantitative estimate of drug-likeness (QED) is 0.338. The molecule has 2 aliphatic rings. The van der Waals surface area contributed by atoms with E-state index in [9.17, 15) is 22.8 Å². The second-order valence-electron chi connectivity index (χ2n) is 6.39. The maximum atomic E-state index is 13.0. The predicted molar refractivity (Wildman–Crippen MR) is 100 cm³/mol. The molecule has 1 unspecified atom stereocenters. The van der Waals surface area contributed by atoms with Gasteiger partial charge in [0, 0.05) is 18.0 Å². The van der Waals surface area contributed by atoms with Gasteiger partial charge in [0.05, 0.1) is 15.8 Å². The van der Waals surface area contributed by atoms with E-state index in [1.54, 1.807) is 4.90 Å². The first-order chi connectivity index (χ1) is 12.9. The number of piperidine rings is 1. The van der Waals surface area contributed by atoms with E-state index in [-0.39, 0.29) is 11.3 Å². The van der Waals surface area contributed by atoms with Crippen LogP contribution < -0.4 is 0 Å². The van der Waals surface area contributed by atoms with Crippen molar-refractivity contribution in [2.24, 2.45) is 0 Å². The lowest BCUT2D eigenvalue weighted by Crippen LogP contribution is -2.38. The molecule has 140 valence electrons. The monoisotopic (exact) mass is 387 g/mol. The Morgan fingerprint density at radius 1 is 1.15 bits per heavy atom. The Labute approximate surface area is 157 Å². The number of carbonyl (C=O) groups is 1. The van der Waals surface area contributed by atoms with Crippen LogP contribution in [0, 0.1) is 5.39 Å². The summed E-state index contributed by atoms with van der Waals surface area (Å²) in [5.41, 5.74) is 1.26. The van der Waals surface area contributed by atoms with Crippen molar-refractivity contribution in [1.29, 1.82) is 5.39 Å². The third kappa shape index (κ3) is 4.32. The Morgan fingerprint density at radius 2 is 1.74 bits per heavy atom. The van der Waals surface area contributed by atoms with E-state index in [2.05, 4.69) is 17.1 Å². The molecule has 0 saturated carbocycles. The molecule has 1 aliphatic heterocycles. The van der Waals surface area contributed by atoms with Gasteiger partial charge in [-0.3, -0.25) is 4.79 Å². The van der Waals surface area contributed by atoms with E-state index in [1.165, 1.54) is 17.7 Å². The molecule has 0 N–H and O–H groups in total. The number of rotatable bonds is 2. The number of carbonyl (C=O) groups excluding carboxylic acids is 1. The SMILES string of the molecule is N#[N+]C(C(=O)N1CCC(c2ccccc2)CC1)=C1C=CC(=S(=O)([O-])F)C=C1. The van der Waals surface area contributed by atoms with Crippen molar-refractivity contribution in [1.82, 2.24) is 4.90 Å². The van der Waals surface area contributed by atoms with Gasteiger partial charge < -0.3 is 9.45 Å². The van der Waals surface area contributed by atoms with E-state index < -0.39 is 21.0 Å². The maximum absolute atomic E-state index is 13.0. The van der Waals surface area contributed by atoms with Crippen molar-refractivity contribution in [2.75, 3.05) is 13.1 Å². The van der Waals surface area contributed by atoms with E-state index in [4.69, 9.17) is 0 Å². The molecule has 6 nitrogen and oxygen atoms in total. The zero-order valence-electron chi connectivity index (χ0n) is 14.5. The fourth-order valence-electron chi connectivity index (χ4n) is 3.29. The van der Waals surface area contributed by atoms with Crippen LogP contribution in [0.1, 0.15) is 24.3 Å². The zero-order chi connectivity index (χ0) is 19.4. The first-order valence-corrected chi connectivity index (χ1v) is 9.90. The normalized spacial score (nSPS) is 19.5. The van der Waals surface area contributed by atoms with Gasteiger partial charge in [-0.25, -0.2) is 4.21 Å². The Bertz CT molecular complexity index is 965. The Hall–Kier alpha value is -2.76. The van der Waals surface area contributed by atoms with E-state index in [1.807, 2.05) is 18.2 Å². The van der Waals surface area contributed by atoms with Crippen LogP contribution in [0.5, 0.6) is 0 Å². The first-order valence-electron chi connectivity index (χ1n) is 8.51. The highest BCUT2D eigenvalue weighted by atomic mass is 32.3. The molecule has 0 radical (unpaired) electrons. The van der Waals surface area contributed by atoms with Gasteiger partial charge in [-0.05, 0) is 48.6 Å². The lowest BCUT2D eigenvalue weighted by atomic mass is 9.89. The van der Waals surface area contributed by atoms with Crippen molar-refractivity contribution in [3.63, 3.8) is 0 Å². The molecule has 0 spiro atoms. The van der Waals surface area contributed by atoms with Crippen LogP contribution >= 0.6 is 0 Å². The summed E-state index contributed by atoms with van der Waals surface area (Å²) in [7, 11) is -4.82. The Morgan fingerprint density at radius 3 is 2.26 bits per heavy atom. The summed E-state index contributed by atoms with van der Waals surface area (Å²) in [5, 5.41) is 9.29. The Kier molecular flexibility index (Phi) is 5.54. The van der Waals surface area contributed by atoms with Crippen LogP contribution in [0.25, 0.3) is 4.98 Å². The molecule has 1 amide bonds. The molecule has 3 rings (SSSR count). The molecule has 1 atom stereocenters. The summed E-state index contributed by atoms with van der Waals surface area (Å²) >= 11 is 0. The third-order valence-electron chi connectivity index (χ3n) is 4.77. The molecule has 1 aliphatic carbocycles. The second-order valence-corrected chi connectivity index (χ2v) is 7.74. The number of hydrogen-bond acceptors (Lipinski definition) is 4.